The Morgan fingerprint density at radius 3 is 2.13 bits per heavy atom. The molecular formula is C37H53F3N6O5S. The first-order chi connectivity index (χ1) is 24.7. The lowest BCUT2D eigenvalue weighted by molar-refractivity contribution is -0.192. The predicted molar refractivity (Wildman–Crippen MR) is 191 cm³/mol. The van der Waals surface area contributed by atoms with Crippen LogP contribution in [-0.4, -0.2) is 110 Å². The number of unbranched alkanes of at least 4 members (excludes halogenated alkanes) is 1. The molecule has 1 aliphatic carbocycles. The maximum atomic E-state index is 13.7. The van der Waals surface area contributed by atoms with E-state index in [1.165, 1.54) is 44.9 Å². The Kier molecular flexibility index (Phi) is 13.2. The number of ether oxygens (including phenoxy) is 1. The minimum absolute atomic E-state index is 0.0349. The molecular weight excluding hydrogens is 698 g/mol. The zero-order valence-electron chi connectivity index (χ0n) is 30.8. The van der Waals surface area contributed by atoms with Crippen LogP contribution in [0, 0.1) is 32.6 Å². The van der Waals surface area contributed by atoms with E-state index in [1.807, 2.05) is 31.1 Å². The van der Waals surface area contributed by atoms with Gasteiger partial charge in [-0.15, -0.1) is 11.3 Å². The van der Waals surface area contributed by atoms with Crippen LogP contribution < -0.4 is 0 Å². The quantitative estimate of drug-likeness (QED) is 0.293. The van der Waals surface area contributed by atoms with Gasteiger partial charge in [-0.05, 0) is 58.8 Å². The summed E-state index contributed by atoms with van der Waals surface area (Å²) in [7, 11) is 0. The largest absolute Gasteiger partial charge is 0.490 e. The number of hydrogen-bond acceptors (Lipinski definition) is 9. The second-order valence-corrected chi connectivity index (χ2v) is 16.0. The second-order valence-electron chi connectivity index (χ2n) is 14.9. The Bertz CT molecular complexity index is 1530. The van der Waals surface area contributed by atoms with Crippen LogP contribution in [0.2, 0.25) is 0 Å². The van der Waals surface area contributed by atoms with Crippen molar-refractivity contribution in [3.63, 3.8) is 0 Å². The SMILES string of the molecule is CCCCC1CN(CC2CCCCC2)C(=O)OC12CCN(C1CCN(C(=O)c3c(C)nc(-c4csc(C)n4)nc3C)CC1)CC2.O=C(O)C(F)(F)F. The van der Waals surface area contributed by atoms with Gasteiger partial charge < -0.3 is 19.6 Å². The van der Waals surface area contributed by atoms with Crippen molar-refractivity contribution >= 4 is 29.3 Å². The number of aliphatic carboxylic acids is 1. The molecule has 2 aromatic heterocycles. The van der Waals surface area contributed by atoms with E-state index < -0.39 is 12.1 Å². The summed E-state index contributed by atoms with van der Waals surface area (Å²) in [6.07, 6.45) is 8.55. The predicted octanol–water partition coefficient (Wildman–Crippen LogP) is 7.44. The number of hydrogen-bond donors (Lipinski definition) is 1. The van der Waals surface area contributed by atoms with E-state index in [1.54, 1.807) is 11.3 Å². The van der Waals surface area contributed by atoms with Gasteiger partial charge >= 0.3 is 18.2 Å². The van der Waals surface area contributed by atoms with Crippen LogP contribution in [0.15, 0.2) is 5.38 Å². The number of thiazole rings is 1. The Hall–Kier alpha value is -3.33. The van der Waals surface area contributed by atoms with Crippen LogP contribution in [0.25, 0.3) is 11.5 Å². The highest BCUT2D eigenvalue weighted by atomic mass is 32.1. The molecule has 1 N–H and O–H groups in total. The van der Waals surface area contributed by atoms with Crippen molar-refractivity contribution in [1.82, 2.24) is 29.7 Å². The van der Waals surface area contributed by atoms with E-state index in [0.29, 0.717) is 40.7 Å². The van der Waals surface area contributed by atoms with Crippen molar-refractivity contribution in [3.8, 4) is 11.5 Å². The standard InChI is InChI=1S/C35H52N6O3S.C2HF3O2/c1-5-6-12-28-22-41(21-27-10-8-7-9-11-27)34(43)44-35(28)15-19-39(20-16-35)29-13-17-40(18-14-29)33(42)31-24(2)36-32(37-25(31)3)30-23-45-26(4)38-30;3-2(4,5)1(6)7/h23,27-29H,5-22H2,1-4H3;(H,6,7). The molecule has 11 nitrogen and oxygen atoms in total. The summed E-state index contributed by atoms with van der Waals surface area (Å²) in [4.78, 5) is 56.4. The summed E-state index contributed by atoms with van der Waals surface area (Å²) < 4.78 is 38.2. The van der Waals surface area contributed by atoms with Gasteiger partial charge in [0, 0.05) is 69.4 Å². The number of halogens is 3. The Morgan fingerprint density at radius 2 is 1.60 bits per heavy atom. The van der Waals surface area contributed by atoms with Crippen LogP contribution in [-0.2, 0) is 9.53 Å². The number of amides is 2. The van der Waals surface area contributed by atoms with Crippen LogP contribution in [0.5, 0.6) is 0 Å². The maximum absolute atomic E-state index is 13.7. The number of alkyl halides is 3. The Morgan fingerprint density at radius 1 is 0.981 bits per heavy atom. The highest BCUT2D eigenvalue weighted by Gasteiger charge is 2.50. The molecule has 2 aromatic rings. The van der Waals surface area contributed by atoms with Crippen molar-refractivity contribution in [2.75, 3.05) is 39.3 Å². The van der Waals surface area contributed by atoms with Crippen LogP contribution in [0.4, 0.5) is 18.0 Å². The van der Waals surface area contributed by atoms with Crippen molar-refractivity contribution in [2.24, 2.45) is 11.8 Å². The molecule has 288 valence electrons. The number of piperidine rings is 2. The molecule has 0 bridgehead atoms. The van der Waals surface area contributed by atoms with Gasteiger partial charge in [-0.2, -0.15) is 13.2 Å². The van der Waals surface area contributed by atoms with Gasteiger partial charge in [0.1, 0.15) is 11.3 Å². The maximum Gasteiger partial charge on any atom is 0.490 e. The minimum Gasteiger partial charge on any atom is -0.475 e. The number of nitrogens with zero attached hydrogens (tertiary/aromatic N) is 6. The zero-order chi connectivity index (χ0) is 37.6. The lowest BCUT2D eigenvalue weighted by Gasteiger charge is -2.52. The summed E-state index contributed by atoms with van der Waals surface area (Å²) in [5.41, 5.74) is 2.50. The monoisotopic (exact) mass is 750 g/mol. The molecule has 52 heavy (non-hydrogen) atoms. The molecule has 3 aliphatic heterocycles. The van der Waals surface area contributed by atoms with Crippen molar-refractivity contribution in [3.05, 3.63) is 27.3 Å². The van der Waals surface area contributed by atoms with Gasteiger partial charge in [0.15, 0.2) is 5.82 Å². The summed E-state index contributed by atoms with van der Waals surface area (Å²) >= 11 is 1.58. The van der Waals surface area contributed by atoms with E-state index >= 15 is 0 Å². The first-order valence-corrected chi connectivity index (χ1v) is 19.7. The van der Waals surface area contributed by atoms with E-state index in [9.17, 15) is 22.8 Å². The molecule has 6 rings (SSSR count). The van der Waals surface area contributed by atoms with Crippen molar-refractivity contribution in [2.45, 2.75) is 123 Å². The molecule has 0 radical (unpaired) electrons. The number of carbonyl (C=O) groups excluding carboxylic acids is 2. The fourth-order valence-corrected chi connectivity index (χ4v) is 9.03. The molecule has 4 aliphatic rings. The van der Waals surface area contributed by atoms with Gasteiger partial charge in [-0.1, -0.05) is 39.0 Å². The Labute approximate surface area is 308 Å². The molecule has 1 saturated carbocycles. The molecule has 4 fully saturated rings. The van der Waals surface area contributed by atoms with Crippen LogP contribution in [0.1, 0.15) is 111 Å². The second kappa shape index (κ2) is 17.2. The smallest absolute Gasteiger partial charge is 0.475 e. The van der Waals surface area contributed by atoms with Gasteiger partial charge in [0.25, 0.3) is 5.91 Å². The number of likely N-dealkylation sites (tertiary alicyclic amines) is 2. The third-order valence-corrected chi connectivity index (χ3v) is 12.1. The van der Waals surface area contributed by atoms with E-state index in [4.69, 9.17) is 14.6 Å². The van der Waals surface area contributed by atoms with Crippen LogP contribution >= 0.6 is 11.3 Å². The summed E-state index contributed by atoms with van der Waals surface area (Å²) in [5.74, 6) is -1.08. The highest BCUT2D eigenvalue weighted by molar-refractivity contribution is 7.09. The fraction of sp³-hybridized carbons (Fsp3) is 0.730. The Balaban J connectivity index is 0.000000679. The summed E-state index contributed by atoms with van der Waals surface area (Å²) in [6, 6.07) is 0.455. The topological polar surface area (TPSA) is 129 Å². The number of carboxylic acids is 1. The minimum atomic E-state index is -5.08. The molecule has 1 spiro atoms. The average molecular weight is 751 g/mol. The van der Waals surface area contributed by atoms with Crippen molar-refractivity contribution < 1.29 is 37.4 Å². The van der Waals surface area contributed by atoms with E-state index in [2.05, 4.69) is 31.7 Å². The number of carboxylic acid groups (broad SMARTS) is 1. The number of aryl methyl sites for hydroxylation is 3. The lowest BCUT2D eigenvalue weighted by atomic mass is 9.75. The van der Waals surface area contributed by atoms with Crippen LogP contribution in [0.3, 0.4) is 0 Å². The third-order valence-electron chi connectivity index (χ3n) is 11.3. The molecule has 3 saturated heterocycles. The molecule has 1 atom stereocenters. The molecule has 0 aromatic carbocycles. The third kappa shape index (κ3) is 9.61. The normalized spacial score (nSPS) is 21.8. The zero-order valence-corrected chi connectivity index (χ0v) is 31.7. The van der Waals surface area contributed by atoms with Crippen molar-refractivity contribution in [1.29, 1.82) is 0 Å². The molecule has 15 heteroatoms. The first-order valence-electron chi connectivity index (χ1n) is 18.8. The number of rotatable bonds is 8. The van der Waals surface area contributed by atoms with E-state index in [-0.39, 0.29) is 17.6 Å². The molecule has 2 amide bonds. The summed E-state index contributed by atoms with van der Waals surface area (Å²) in [6.45, 7) is 13.2. The fourth-order valence-electron chi connectivity index (χ4n) is 8.44. The highest BCUT2D eigenvalue weighted by Crippen LogP contribution is 2.42. The van der Waals surface area contributed by atoms with E-state index in [0.717, 1.165) is 82.1 Å². The van der Waals surface area contributed by atoms with Gasteiger partial charge in [0.2, 0.25) is 0 Å². The summed E-state index contributed by atoms with van der Waals surface area (Å²) in [5, 5.41) is 10.1. The van der Waals surface area contributed by atoms with Gasteiger partial charge in [-0.25, -0.2) is 24.5 Å². The average Bonchev–Trinajstić information content (AvgIpc) is 3.55. The molecule has 5 heterocycles. The number of carbonyl (C=O) groups is 3. The van der Waals surface area contributed by atoms with Gasteiger partial charge in [-0.3, -0.25) is 9.69 Å². The first kappa shape index (κ1) is 39.9. The lowest BCUT2D eigenvalue weighted by Crippen LogP contribution is -2.61. The van der Waals surface area contributed by atoms with Gasteiger partial charge in [0.05, 0.1) is 22.0 Å². The number of aromatic nitrogens is 3. The molecule has 1 unspecified atom stereocenters.